The number of anilines is 1. The number of hydrogen-bond donors (Lipinski definition) is 0. The second kappa shape index (κ2) is 6.74. The highest BCUT2D eigenvalue weighted by molar-refractivity contribution is 6.28. The molecular formula is C10H14ClF3N4O. The normalized spacial score (nSPS) is 11.5. The van der Waals surface area contributed by atoms with Gasteiger partial charge in [0.2, 0.25) is 11.2 Å². The summed E-state index contributed by atoms with van der Waals surface area (Å²) in [7, 11) is 1.45. The Hall–Kier alpha value is -1.31. The van der Waals surface area contributed by atoms with Crippen LogP contribution in [0.15, 0.2) is 0 Å². The van der Waals surface area contributed by atoms with Gasteiger partial charge in [0.1, 0.15) is 0 Å². The first-order valence-corrected chi connectivity index (χ1v) is 6.02. The van der Waals surface area contributed by atoms with E-state index in [-0.39, 0.29) is 23.8 Å². The predicted molar refractivity (Wildman–Crippen MR) is 64.6 cm³/mol. The smallest absolute Gasteiger partial charge is 0.390 e. The van der Waals surface area contributed by atoms with Crippen molar-refractivity contribution < 1.29 is 17.9 Å². The zero-order valence-corrected chi connectivity index (χ0v) is 11.3. The molecule has 1 aromatic heterocycles. The fourth-order valence-electron chi connectivity index (χ4n) is 1.15. The first-order chi connectivity index (χ1) is 8.81. The average Bonchev–Trinajstić information content (AvgIpc) is 2.31. The van der Waals surface area contributed by atoms with E-state index >= 15 is 0 Å². The lowest BCUT2D eigenvalue weighted by molar-refractivity contribution is -0.132. The molecule has 0 bridgehead atoms. The molecule has 0 spiro atoms. The number of hydrogen-bond acceptors (Lipinski definition) is 5. The molecule has 0 atom stereocenters. The van der Waals surface area contributed by atoms with E-state index in [4.69, 9.17) is 16.3 Å². The van der Waals surface area contributed by atoms with Crippen molar-refractivity contribution in [1.29, 1.82) is 0 Å². The first kappa shape index (κ1) is 15.7. The van der Waals surface area contributed by atoms with Crippen LogP contribution in [0.4, 0.5) is 19.1 Å². The molecule has 108 valence electrons. The first-order valence-electron chi connectivity index (χ1n) is 5.64. The van der Waals surface area contributed by atoms with Gasteiger partial charge in [-0.25, -0.2) is 0 Å². The number of ether oxygens (including phenoxy) is 1. The maximum Gasteiger partial charge on any atom is 0.390 e. The molecular weight excluding hydrogens is 285 g/mol. The summed E-state index contributed by atoms with van der Waals surface area (Å²) < 4.78 is 41.6. The summed E-state index contributed by atoms with van der Waals surface area (Å²) in [6.45, 7) is 2.03. The molecule has 19 heavy (non-hydrogen) atoms. The zero-order valence-electron chi connectivity index (χ0n) is 10.5. The number of alkyl halides is 3. The molecule has 0 N–H and O–H groups in total. The largest absolute Gasteiger partial charge is 0.463 e. The molecule has 1 aromatic rings. The highest BCUT2D eigenvalue weighted by Gasteiger charge is 2.27. The Labute approximate surface area is 113 Å². The van der Waals surface area contributed by atoms with E-state index in [2.05, 4.69) is 15.0 Å². The van der Waals surface area contributed by atoms with Gasteiger partial charge >= 0.3 is 12.2 Å². The highest BCUT2D eigenvalue weighted by Crippen LogP contribution is 2.21. The third-order valence-electron chi connectivity index (χ3n) is 2.08. The molecule has 0 aromatic carbocycles. The van der Waals surface area contributed by atoms with Gasteiger partial charge in [0.25, 0.3) is 0 Å². The Morgan fingerprint density at radius 1 is 1.26 bits per heavy atom. The highest BCUT2D eigenvalue weighted by atomic mass is 35.5. The fraction of sp³-hybridized carbons (Fsp3) is 0.700. The maximum absolute atomic E-state index is 12.1. The molecule has 0 aliphatic carbocycles. The summed E-state index contributed by atoms with van der Waals surface area (Å²) in [4.78, 5) is 12.7. The molecule has 9 heteroatoms. The van der Waals surface area contributed by atoms with E-state index in [1.807, 2.05) is 6.92 Å². The van der Waals surface area contributed by atoms with Crippen LogP contribution >= 0.6 is 11.6 Å². The molecule has 0 saturated carbocycles. The number of halogens is 4. The van der Waals surface area contributed by atoms with Crippen LogP contribution in [0.5, 0.6) is 6.01 Å². The van der Waals surface area contributed by atoms with Gasteiger partial charge in [0.05, 0.1) is 13.0 Å². The van der Waals surface area contributed by atoms with Gasteiger partial charge in [-0.05, 0) is 18.0 Å². The van der Waals surface area contributed by atoms with E-state index in [0.29, 0.717) is 6.61 Å². The Bertz CT molecular complexity index is 416. The maximum atomic E-state index is 12.1. The molecule has 0 aliphatic heterocycles. The molecule has 0 amide bonds. The SMILES string of the molecule is CCCOc1nc(Cl)nc(N(C)CCC(F)(F)F)n1. The zero-order chi connectivity index (χ0) is 14.5. The minimum absolute atomic E-state index is 0.00992. The van der Waals surface area contributed by atoms with E-state index in [0.717, 1.165) is 6.42 Å². The lowest BCUT2D eigenvalue weighted by Crippen LogP contribution is -2.26. The van der Waals surface area contributed by atoms with Crippen molar-refractivity contribution in [2.24, 2.45) is 0 Å². The summed E-state index contributed by atoms with van der Waals surface area (Å²) >= 11 is 5.67. The van der Waals surface area contributed by atoms with Gasteiger partial charge in [-0.1, -0.05) is 6.92 Å². The molecule has 0 saturated heterocycles. The van der Waals surface area contributed by atoms with Crippen LogP contribution in [0.2, 0.25) is 5.28 Å². The summed E-state index contributed by atoms with van der Waals surface area (Å²) in [6, 6.07) is 0.00992. The Kier molecular flexibility index (Phi) is 5.59. The van der Waals surface area contributed by atoms with E-state index in [1.54, 1.807) is 0 Å². The van der Waals surface area contributed by atoms with Crippen LogP contribution in [0.25, 0.3) is 0 Å². The number of rotatable bonds is 6. The molecule has 1 rings (SSSR count). The van der Waals surface area contributed by atoms with E-state index in [9.17, 15) is 13.2 Å². The summed E-state index contributed by atoms with van der Waals surface area (Å²) in [6.07, 6.45) is -4.44. The van der Waals surface area contributed by atoms with Crippen molar-refractivity contribution in [2.75, 3.05) is 25.1 Å². The fourth-order valence-corrected chi connectivity index (χ4v) is 1.29. The van der Waals surface area contributed by atoms with Crippen LogP contribution in [-0.2, 0) is 0 Å². The standard InChI is InChI=1S/C10H14ClF3N4O/c1-3-6-19-9-16-7(11)15-8(17-9)18(2)5-4-10(12,13)14/h3-6H2,1-2H3. The van der Waals surface area contributed by atoms with Crippen molar-refractivity contribution in [3.05, 3.63) is 5.28 Å². The van der Waals surface area contributed by atoms with Crippen molar-refractivity contribution in [3.8, 4) is 6.01 Å². The van der Waals surface area contributed by atoms with Crippen molar-refractivity contribution in [1.82, 2.24) is 15.0 Å². The minimum Gasteiger partial charge on any atom is -0.463 e. The van der Waals surface area contributed by atoms with Gasteiger partial charge in [0.15, 0.2) is 0 Å². The summed E-state index contributed by atoms with van der Waals surface area (Å²) in [5.74, 6) is 0.0513. The molecule has 0 unspecified atom stereocenters. The number of nitrogens with zero attached hydrogens (tertiary/aromatic N) is 4. The summed E-state index contributed by atoms with van der Waals surface area (Å²) in [5.41, 5.74) is 0. The predicted octanol–water partition coefficient (Wildman–Crippen LogP) is 2.70. The van der Waals surface area contributed by atoms with Crippen LogP contribution in [0.3, 0.4) is 0 Å². The lowest BCUT2D eigenvalue weighted by atomic mass is 10.4. The monoisotopic (exact) mass is 298 g/mol. The molecule has 1 heterocycles. The quantitative estimate of drug-likeness (QED) is 0.808. The van der Waals surface area contributed by atoms with Gasteiger partial charge < -0.3 is 9.64 Å². The third-order valence-corrected chi connectivity index (χ3v) is 2.25. The Balaban J connectivity index is 2.73. The van der Waals surface area contributed by atoms with Crippen LogP contribution < -0.4 is 9.64 Å². The van der Waals surface area contributed by atoms with Crippen molar-refractivity contribution in [2.45, 2.75) is 25.9 Å². The van der Waals surface area contributed by atoms with Crippen LogP contribution in [0.1, 0.15) is 19.8 Å². The van der Waals surface area contributed by atoms with Crippen molar-refractivity contribution >= 4 is 17.5 Å². The van der Waals surface area contributed by atoms with E-state index < -0.39 is 12.6 Å². The second-order valence-electron chi connectivity index (χ2n) is 3.82. The van der Waals surface area contributed by atoms with Gasteiger partial charge in [-0.2, -0.15) is 28.1 Å². The van der Waals surface area contributed by atoms with Crippen LogP contribution in [0, 0.1) is 0 Å². The third kappa shape index (κ3) is 5.91. The van der Waals surface area contributed by atoms with Crippen molar-refractivity contribution in [3.63, 3.8) is 0 Å². The van der Waals surface area contributed by atoms with Gasteiger partial charge in [-0.3, -0.25) is 0 Å². The molecule has 0 aliphatic rings. The number of aromatic nitrogens is 3. The topological polar surface area (TPSA) is 51.1 Å². The Morgan fingerprint density at radius 2 is 1.95 bits per heavy atom. The molecule has 0 fully saturated rings. The van der Waals surface area contributed by atoms with Gasteiger partial charge in [-0.15, -0.1) is 0 Å². The Morgan fingerprint density at radius 3 is 2.53 bits per heavy atom. The van der Waals surface area contributed by atoms with Crippen LogP contribution in [-0.4, -0.2) is 41.3 Å². The lowest BCUT2D eigenvalue weighted by Gasteiger charge is -2.18. The molecule has 5 nitrogen and oxygen atoms in total. The summed E-state index contributed by atoms with van der Waals surface area (Å²) in [5, 5.41) is -0.116. The second-order valence-corrected chi connectivity index (χ2v) is 4.16. The minimum atomic E-state index is -4.23. The van der Waals surface area contributed by atoms with Gasteiger partial charge in [0, 0.05) is 13.6 Å². The van der Waals surface area contributed by atoms with E-state index in [1.165, 1.54) is 11.9 Å². The average molecular weight is 299 g/mol. The molecule has 0 radical (unpaired) electrons.